The molecule has 2 nitrogen and oxygen atoms in total. The summed E-state index contributed by atoms with van der Waals surface area (Å²) in [7, 11) is 0. The summed E-state index contributed by atoms with van der Waals surface area (Å²) in [5, 5.41) is 0.398. The van der Waals surface area contributed by atoms with Gasteiger partial charge in [-0.2, -0.15) is 12.6 Å². The Morgan fingerprint density at radius 2 is 2.36 bits per heavy atom. The van der Waals surface area contributed by atoms with E-state index < -0.39 is 0 Å². The fraction of sp³-hybridized carbons (Fsp3) is 0.909. The highest BCUT2D eigenvalue weighted by Crippen LogP contribution is 2.23. The summed E-state index contributed by atoms with van der Waals surface area (Å²) in [5.74, 6) is 0.337. The van der Waals surface area contributed by atoms with E-state index in [4.69, 9.17) is 0 Å². The molecule has 3 heteroatoms. The summed E-state index contributed by atoms with van der Waals surface area (Å²) in [5.41, 5.74) is 0. The molecule has 1 unspecified atom stereocenters. The van der Waals surface area contributed by atoms with Crippen molar-refractivity contribution in [2.24, 2.45) is 0 Å². The first-order chi connectivity index (χ1) is 6.65. The van der Waals surface area contributed by atoms with Crippen molar-refractivity contribution in [3.05, 3.63) is 0 Å². The van der Waals surface area contributed by atoms with Gasteiger partial charge in [-0.15, -0.1) is 0 Å². The lowest BCUT2D eigenvalue weighted by Gasteiger charge is -2.25. The van der Waals surface area contributed by atoms with Crippen LogP contribution >= 0.6 is 12.6 Å². The van der Waals surface area contributed by atoms with Crippen molar-refractivity contribution in [1.29, 1.82) is 0 Å². The van der Waals surface area contributed by atoms with Crippen LogP contribution in [0.4, 0.5) is 0 Å². The lowest BCUT2D eigenvalue weighted by Crippen LogP contribution is -2.36. The Labute approximate surface area is 92.5 Å². The molecule has 1 fully saturated rings. The Morgan fingerprint density at radius 3 is 2.93 bits per heavy atom. The topological polar surface area (TPSA) is 20.3 Å². The Morgan fingerprint density at radius 1 is 1.64 bits per heavy atom. The van der Waals surface area contributed by atoms with Crippen LogP contribution in [0.1, 0.15) is 46.0 Å². The quantitative estimate of drug-likeness (QED) is 0.714. The van der Waals surface area contributed by atoms with E-state index in [0.717, 1.165) is 19.4 Å². The molecule has 1 heterocycles. The predicted octanol–water partition coefficient (Wildman–Crippen LogP) is 2.49. The van der Waals surface area contributed by atoms with Crippen molar-refractivity contribution in [1.82, 2.24) is 4.90 Å². The minimum Gasteiger partial charge on any atom is -0.340 e. The minimum atomic E-state index is 0.337. The largest absolute Gasteiger partial charge is 0.340 e. The standard InChI is InChI=1S/C11H21NOS/c1-3-5-11(13)12-7-4-6-10(12)8-9(2)14/h9-10,14H,3-8H2,1-2H3/t9-,10?/m1/s1. The summed E-state index contributed by atoms with van der Waals surface area (Å²) >= 11 is 4.40. The number of likely N-dealkylation sites (tertiary alicyclic amines) is 1. The molecule has 0 spiro atoms. The predicted molar refractivity (Wildman–Crippen MR) is 62.7 cm³/mol. The van der Waals surface area contributed by atoms with E-state index in [9.17, 15) is 4.79 Å². The third-order valence-corrected chi connectivity index (χ3v) is 2.99. The molecular weight excluding hydrogens is 194 g/mol. The second kappa shape index (κ2) is 5.64. The van der Waals surface area contributed by atoms with Crippen LogP contribution in [0.15, 0.2) is 0 Å². The van der Waals surface area contributed by atoms with Gasteiger partial charge in [0, 0.05) is 24.3 Å². The van der Waals surface area contributed by atoms with Gasteiger partial charge in [-0.1, -0.05) is 13.8 Å². The van der Waals surface area contributed by atoms with Crippen molar-refractivity contribution in [3.8, 4) is 0 Å². The normalized spacial score (nSPS) is 23.9. The van der Waals surface area contributed by atoms with Gasteiger partial charge in [0.15, 0.2) is 0 Å². The molecule has 1 aliphatic heterocycles. The molecule has 0 aliphatic carbocycles. The zero-order valence-corrected chi connectivity index (χ0v) is 10.1. The van der Waals surface area contributed by atoms with Crippen LogP contribution in [0.25, 0.3) is 0 Å². The van der Waals surface area contributed by atoms with Crippen molar-refractivity contribution in [2.45, 2.75) is 57.2 Å². The van der Waals surface area contributed by atoms with E-state index in [2.05, 4.69) is 31.4 Å². The van der Waals surface area contributed by atoms with Gasteiger partial charge in [0.1, 0.15) is 0 Å². The number of carbonyl (C=O) groups is 1. The first-order valence-corrected chi connectivity index (χ1v) is 6.14. The van der Waals surface area contributed by atoms with Crippen LogP contribution in [-0.4, -0.2) is 28.6 Å². The first-order valence-electron chi connectivity index (χ1n) is 5.62. The van der Waals surface area contributed by atoms with Gasteiger partial charge in [-0.05, 0) is 25.7 Å². The molecule has 1 rings (SSSR count). The van der Waals surface area contributed by atoms with Gasteiger partial charge in [-0.25, -0.2) is 0 Å². The van der Waals surface area contributed by atoms with Crippen LogP contribution in [-0.2, 0) is 4.79 Å². The Hall–Kier alpha value is -0.180. The lowest BCUT2D eigenvalue weighted by atomic mass is 10.1. The highest BCUT2D eigenvalue weighted by atomic mass is 32.1. The van der Waals surface area contributed by atoms with Gasteiger partial charge >= 0.3 is 0 Å². The highest BCUT2D eigenvalue weighted by molar-refractivity contribution is 7.80. The SMILES string of the molecule is CCCC(=O)N1CCCC1C[C@@H](C)S. The number of hydrogen-bond acceptors (Lipinski definition) is 2. The maximum absolute atomic E-state index is 11.7. The summed E-state index contributed by atoms with van der Waals surface area (Å²) in [6.45, 7) is 5.12. The van der Waals surface area contributed by atoms with E-state index in [1.807, 2.05) is 0 Å². The molecule has 0 N–H and O–H groups in total. The van der Waals surface area contributed by atoms with Crippen LogP contribution in [0, 0.1) is 0 Å². The summed E-state index contributed by atoms with van der Waals surface area (Å²) in [6.07, 6.45) is 5.04. The summed E-state index contributed by atoms with van der Waals surface area (Å²) in [6, 6.07) is 0.460. The number of nitrogens with zero attached hydrogens (tertiary/aromatic N) is 1. The van der Waals surface area contributed by atoms with Crippen LogP contribution in [0.2, 0.25) is 0 Å². The van der Waals surface area contributed by atoms with E-state index >= 15 is 0 Å². The van der Waals surface area contributed by atoms with Gasteiger partial charge in [0.25, 0.3) is 0 Å². The average Bonchev–Trinajstić information content (AvgIpc) is 2.51. The van der Waals surface area contributed by atoms with E-state index in [0.29, 0.717) is 23.6 Å². The number of thiol groups is 1. The van der Waals surface area contributed by atoms with Crippen LogP contribution in [0.5, 0.6) is 0 Å². The molecule has 2 atom stereocenters. The molecule has 1 aliphatic rings. The second-order valence-electron chi connectivity index (χ2n) is 4.22. The first kappa shape index (κ1) is 11.9. The Kier molecular flexibility index (Phi) is 4.79. The number of amides is 1. The van der Waals surface area contributed by atoms with E-state index in [1.54, 1.807) is 0 Å². The summed E-state index contributed by atoms with van der Waals surface area (Å²) in [4.78, 5) is 13.8. The zero-order valence-electron chi connectivity index (χ0n) is 9.20. The molecule has 1 saturated heterocycles. The van der Waals surface area contributed by atoms with E-state index in [-0.39, 0.29) is 0 Å². The van der Waals surface area contributed by atoms with Crippen molar-refractivity contribution in [3.63, 3.8) is 0 Å². The smallest absolute Gasteiger partial charge is 0.222 e. The van der Waals surface area contributed by atoms with Crippen LogP contribution < -0.4 is 0 Å². The lowest BCUT2D eigenvalue weighted by molar-refractivity contribution is -0.132. The minimum absolute atomic E-state index is 0.337. The fourth-order valence-electron chi connectivity index (χ4n) is 2.16. The monoisotopic (exact) mass is 215 g/mol. The highest BCUT2D eigenvalue weighted by Gasteiger charge is 2.28. The molecular formula is C11H21NOS. The van der Waals surface area contributed by atoms with E-state index in [1.165, 1.54) is 12.8 Å². The molecule has 14 heavy (non-hydrogen) atoms. The van der Waals surface area contributed by atoms with Crippen molar-refractivity contribution < 1.29 is 4.79 Å². The third-order valence-electron chi connectivity index (χ3n) is 2.77. The molecule has 0 saturated carbocycles. The Bertz CT molecular complexity index is 194. The molecule has 0 radical (unpaired) electrons. The Balaban J connectivity index is 2.46. The number of carbonyl (C=O) groups excluding carboxylic acids is 1. The molecule has 82 valence electrons. The van der Waals surface area contributed by atoms with Gasteiger partial charge < -0.3 is 4.90 Å². The molecule has 0 aromatic carbocycles. The number of hydrogen-bond donors (Lipinski definition) is 1. The zero-order chi connectivity index (χ0) is 10.6. The number of rotatable bonds is 4. The summed E-state index contributed by atoms with van der Waals surface area (Å²) < 4.78 is 0. The molecule has 0 aromatic heterocycles. The van der Waals surface area contributed by atoms with Gasteiger partial charge in [-0.3, -0.25) is 4.79 Å². The second-order valence-corrected chi connectivity index (χ2v) is 5.10. The van der Waals surface area contributed by atoms with Crippen LogP contribution in [0.3, 0.4) is 0 Å². The third kappa shape index (κ3) is 3.19. The molecule has 0 aromatic rings. The van der Waals surface area contributed by atoms with Crippen molar-refractivity contribution in [2.75, 3.05) is 6.54 Å². The maximum Gasteiger partial charge on any atom is 0.222 e. The maximum atomic E-state index is 11.7. The van der Waals surface area contributed by atoms with Gasteiger partial charge in [0.05, 0.1) is 0 Å². The van der Waals surface area contributed by atoms with Crippen molar-refractivity contribution >= 4 is 18.5 Å². The molecule has 0 bridgehead atoms. The van der Waals surface area contributed by atoms with Gasteiger partial charge in [0.2, 0.25) is 5.91 Å². The fourth-order valence-corrected chi connectivity index (χ4v) is 2.40. The average molecular weight is 215 g/mol. The molecule has 1 amide bonds.